The zero-order valence-corrected chi connectivity index (χ0v) is 16.0. The number of amides is 1. The Kier molecular flexibility index (Phi) is 8.32. The molecule has 0 radical (unpaired) electrons. The monoisotopic (exact) mass is 338 g/mol. The molecule has 1 aromatic rings. The number of carbonyl (C=O) groups excluding carboxylic acids is 1. The van der Waals surface area contributed by atoms with E-state index < -0.39 is 5.60 Å². The molecule has 5 nitrogen and oxygen atoms in total. The third-order valence-corrected chi connectivity index (χ3v) is 3.57. The lowest BCUT2D eigenvalue weighted by Crippen LogP contribution is -2.46. The molecule has 0 aromatic carbocycles. The van der Waals surface area contributed by atoms with Crippen LogP contribution in [0.4, 0.5) is 4.79 Å². The Morgan fingerprint density at radius 2 is 2.00 bits per heavy atom. The third kappa shape index (κ3) is 9.60. The second-order valence-electron chi connectivity index (χ2n) is 7.90. The molecule has 2 N–H and O–H groups in total. The lowest BCUT2D eigenvalue weighted by Gasteiger charge is -2.26. The molecule has 0 spiro atoms. The molecule has 0 saturated carbocycles. The molecule has 2 unspecified atom stereocenters. The number of hydrogen-bond acceptors (Lipinski definition) is 4. The summed E-state index contributed by atoms with van der Waals surface area (Å²) in [6.07, 6.45) is 4.26. The molecule has 5 heteroatoms. The van der Waals surface area contributed by atoms with Crippen molar-refractivity contribution in [3.8, 4) is 0 Å². The van der Waals surface area contributed by atoms with E-state index in [4.69, 9.17) is 9.15 Å². The number of furan rings is 1. The molecule has 0 aliphatic carbocycles. The SMILES string of the molecule is CC(C)CC(CNC(=O)OC(C)(C)C)NC(C)CCc1ccco1. The quantitative estimate of drug-likeness (QED) is 0.710. The van der Waals surface area contributed by atoms with E-state index in [0.717, 1.165) is 25.0 Å². The summed E-state index contributed by atoms with van der Waals surface area (Å²) in [6, 6.07) is 4.49. The van der Waals surface area contributed by atoms with Gasteiger partial charge in [-0.15, -0.1) is 0 Å². The maximum atomic E-state index is 11.8. The van der Waals surface area contributed by atoms with Crippen LogP contribution in [0.25, 0.3) is 0 Å². The van der Waals surface area contributed by atoms with Gasteiger partial charge in [0, 0.05) is 25.0 Å². The van der Waals surface area contributed by atoms with Crippen molar-refractivity contribution in [2.45, 2.75) is 78.5 Å². The molecular weight excluding hydrogens is 304 g/mol. The first-order valence-corrected chi connectivity index (χ1v) is 8.91. The summed E-state index contributed by atoms with van der Waals surface area (Å²) in [5, 5.41) is 6.49. The van der Waals surface area contributed by atoms with Crippen LogP contribution in [0.2, 0.25) is 0 Å². The molecule has 0 bridgehead atoms. The summed E-state index contributed by atoms with van der Waals surface area (Å²) >= 11 is 0. The number of carbonyl (C=O) groups is 1. The molecule has 0 fully saturated rings. The average Bonchev–Trinajstić information content (AvgIpc) is 2.93. The highest BCUT2D eigenvalue weighted by atomic mass is 16.6. The highest BCUT2D eigenvalue weighted by molar-refractivity contribution is 5.67. The van der Waals surface area contributed by atoms with Crippen molar-refractivity contribution in [1.29, 1.82) is 0 Å². The largest absolute Gasteiger partial charge is 0.469 e. The number of ether oxygens (including phenoxy) is 1. The summed E-state index contributed by atoms with van der Waals surface area (Å²) < 4.78 is 10.7. The van der Waals surface area contributed by atoms with Crippen LogP contribution >= 0.6 is 0 Å². The van der Waals surface area contributed by atoms with E-state index in [1.807, 2.05) is 32.9 Å². The van der Waals surface area contributed by atoms with Crippen LogP contribution in [0, 0.1) is 5.92 Å². The van der Waals surface area contributed by atoms with Crippen LogP contribution in [0.5, 0.6) is 0 Å². The zero-order valence-electron chi connectivity index (χ0n) is 16.0. The van der Waals surface area contributed by atoms with Crippen LogP contribution in [-0.2, 0) is 11.2 Å². The number of hydrogen-bond donors (Lipinski definition) is 2. The number of rotatable bonds is 9. The van der Waals surface area contributed by atoms with Crippen LogP contribution < -0.4 is 10.6 Å². The summed E-state index contributed by atoms with van der Waals surface area (Å²) in [7, 11) is 0. The van der Waals surface area contributed by atoms with E-state index in [0.29, 0.717) is 18.5 Å². The van der Waals surface area contributed by atoms with Gasteiger partial charge < -0.3 is 19.8 Å². The first kappa shape index (κ1) is 20.6. The fourth-order valence-corrected chi connectivity index (χ4v) is 2.60. The maximum absolute atomic E-state index is 11.8. The summed E-state index contributed by atoms with van der Waals surface area (Å²) in [5.74, 6) is 1.57. The molecule has 1 rings (SSSR count). The normalized spacial score (nSPS) is 14.5. The molecule has 0 saturated heterocycles. The Morgan fingerprint density at radius 3 is 2.54 bits per heavy atom. The van der Waals surface area contributed by atoms with Gasteiger partial charge >= 0.3 is 6.09 Å². The van der Waals surface area contributed by atoms with Crippen LogP contribution in [0.15, 0.2) is 22.8 Å². The lowest BCUT2D eigenvalue weighted by molar-refractivity contribution is 0.0520. The molecule has 0 aliphatic rings. The highest BCUT2D eigenvalue weighted by Gasteiger charge is 2.19. The van der Waals surface area contributed by atoms with E-state index in [9.17, 15) is 4.79 Å². The van der Waals surface area contributed by atoms with Crippen molar-refractivity contribution in [3.63, 3.8) is 0 Å². The van der Waals surface area contributed by atoms with Gasteiger partial charge in [0.15, 0.2) is 0 Å². The van der Waals surface area contributed by atoms with Crippen LogP contribution in [0.3, 0.4) is 0 Å². The Bertz CT molecular complexity index is 463. The Morgan fingerprint density at radius 1 is 1.29 bits per heavy atom. The minimum absolute atomic E-state index is 0.226. The van der Waals surface area contributed by atoms with Gasteiger partial charge in [0.25, 0.3) is 0 Å². The van der Waals surface area contributed by atoms with Gasteiger partial charge in [-0.05, 0) is 58.6 Å². The molecule has 138 valence electrons. The summed E-state index contributed by atoms with van der Waals surface area (Å²) in [5.41, 5.74) is -0.471. The standard InChI is InChI=1S/C19H34N2O3/c1-14(2)12-16(13-20-18(22)24-19(4,5)6)21-15(3)9-10-17-8-7-11-23-17/h7-8,11,14-16,21H,9-10,12-13H2,1-6H3,(H,20,22). The van der Waals surface area contributed by atoms with Gasteiger partial charge in [0.05, 0.1) is 6.26 Å². The van der Waals surface area contributed by atoms with Crippen molar-refractivity contribution in [2.24, 2.45) is 5.92 Å². The maximum Gasteiger partial charge on any atom is 0.407 e. The van der Waals surface area contributed by atoms with Crippen LogP contribution in [-0.4, -0.2) is 30.3 Å². The molecule has 1 heterocycles. The van der Waals surface area contributed by atoms with Gasteiger partial charge in [0.2, 0.25) is 0 Å². The third-order valence-electron chi connectivity index (χ3n) is 3.57. The Labute approximate surface area is 146 Å². The first-order valence-electron chi connectivity index (χ1n) is 8.91. The van der Waals surface area contributed by atoms with E-state index >= 15 is 0 Å². The number of aryl methyl sites for hydroxylation is 1. The smallest absolute Gasteiger partial charge is 0.407 e. The fourth-order valence-electron chi connectivity index (χ4n) is 2.60. The van der Waals surface area contributed by atoms with Gasteiger partial charge in [-0.2, -0.15) is 0 Å². The van der Waals surface area contributed by atoms with E-state index in [-0.39, 0.29) is 12.1 Å². The highest BCUT2D eigenvalue weighted by Crippen LogP contribution is 2.10. The average molecular weight is 338 g/mol. The van der Waals surface area contributed by atoms with Crippen molar-refractivity contribution in [3.05, 3.63) is 24.2 Å². The molecule has 1 amide bonds. The van der Waals surface area contributed by atoms with Crippen LogP contribution in [0.1, 0.15) is 60.1 Å². The summed E-state index contributed by atoms with van der Waals surface area (Å²) in [6.45, 7) is 12.7. The molecule has 1 aromatic heterocycles. The molecule has 0 aliphatic heterocycles. The minimum Gasteiger partial charge on any atom is -0.469 e. The zero-order chi connectivity index (χ0) is 18.2. The lowest BCUT2D eigenvalue weighted by atomic mass is 10.0. The van der Waals surface area contributed by atoms with Gasteiger partial charge in [-0.1, -0.05) is 13.8 Å². The number of nitrogens with one attached hydrogen (secondary N) is 2. The van der Waals surface area contributed by atoms with Gasteiger partial charge in [0.1, 0.15) is 11.4 Å². The molecule has 2 atom stereocenters. The van der Waals surface area contributed by atoms with Crippen molar-refractivity contribution in [1.82, 2.24) is 10.6 Å². The minimum atomic E-state index is -0.471. The second kappa shape index (κ2) is 9.72. The van der Waals surface area contributed by atoms with E-state index in [2.05, 4.69) is 31.4 Å². The van der Waals surface area contributed by atoms with Crippen molar-refractivity contribution < 1.29 is 13.9 Å². The second-order valence-corrected chi connectivity index (χ2v) is 7.90. The Hall–Kier alpha value is -1.49. The predicted octanol–water partition coefficient (Wildman–Crippen LogP) is 4.13. The van der Waals surface area contributed by atoms with E-state index in [1.165, 1.54) is 0 Å². The topological polar surface area (TPSA) is 63.5 Å². The Balaban J connectivity index is 2.41. The number of alkyl carbamates (subject to hydrolysis) is 1. The van der Waals surface area contributed by atoms with Crippen molar-refractivity contribution >= 4 is 6.09 Å². The molecule has 24 heavy (non-hydrogen) atoms. The predicted molar refractivity (Wildman–Crippen MR) is 97.1 cm³/mol. The molecular formula is C19H34N2O3. The van der Waals surface area contributed by atoms with Crippen molar-refractivity contribution in [2.75, 3.05) is 6.54 Å². The summed E-state index contributed by atoms with van der Waals surface area (Å²) in [4.78, 5) is 11.8. The van der Waals surface area contributed by atoms with E-state index in [1.54, 1.807) is 6.26 Å². The fraction of sp³-hybridized carbons (Fsp3) is 0.737. The first-order chi connectivity index (χ1) is 11.2. The van der Waals surface area contributed by atoms with Gasteiger partial charge in [-0.25, -0.2) is 4.79 Å². The van der Waals surface area contributed by atoms with Gasteiger partial charge in [-0.3, -0.25) is 0 Å².